The number of hydrogen-bond donors (Lipinski definition) is 0. The molecule has 3 heterocycles. The predicted molar refractivity (Wildman–Crippen MR) is 81.7 cm³/mol. The van der Waals surface area contributed by atoms with Gasteiger partial charge in [-0.2, -0.15) is 0 Å². The van der Waals surface area contributed by atoms with Crippen LogP contribution in [0.25, 0.3) is 27.3 Å². The average molecular weight is 277 g/mol. The topological polar surface area (TPSA) is 30.2 Å². The minimum absolute atomic E-state index is 0.964. The zero-order valence-corrected chi connectivity index (χ0v) is 11.4. The zero-order chi connectivity index (χ0) is 13.4. The predicted octanol–water partition coefficient (Wildman–Crippen LogP) is 4.12. The van der Waals surface area contributed by atoms with Crippen LogP contribution in [0.3, 0.4) is 0 Å². The van der Waals surface area contributed by atoms with Gasteiger partial charge in [-0.1, -0.05) is 24.3 Å². The van der Waals surface area contributed by atoms with Gasteiger partial charge in [-0.25, -0.2) is 4.98 Å². The number of pyridine rings is 1. The maximum atomic E-state index is 4.66. The van der Waals surface area contributed by atoms with Crippen molar-refractivity contribution in [3.05, 3.63) is 66.6 Å². The fourth-order valence-corrected chi connectivity index (χ4v) is 2.88. The Kier molecular flexibility index (Phi) is 2.60. The Balaban J connectivity index is 1.84. The summed E-state index contributed by atoms with van der Waals surface area (Å²) in [5.74, 6) is 0. The second-order valence-electron chi connectivity index (χ2n) is 4.54. The van der Waals surface area contributed by atoms with Crippen molar-refractivity contribution in [1.82, 2.24) is 14.4 Å². The first-order valence-corrected chi connectivity index (χ1v) is 7.21. The lowest BCUT2D eigenvalue weighted by Gasteiger charge is -2.00. The highest BCUT2D eigenvalue weighted by atomic mass is 32.1. The molecule has 0 atom stereocenters. The van der Waals surface area contributed by atoms with Gasteiger partial charge in [0.15, 0.2) is 0 Å². The number of imidazole rings is 1. The number of nitrogens with zero attached hydrogens (tertiary/aromatic N) is 3. The molecule has 0 aliphatic heterocycles. The molecule has 3 aromatic heterocycles. The van der Waals surface area contributed by atoms with Crippen molar-refractivity contribution in [1.29, 1.82) is 0 Å². The highest BCUT2D eigenvalue weighted by Crippen LogP contribution is 2.28. The Morgan fingerprint density at radius 3 is 2.80 bits per heavy atom. The molecule has 0 bridgehead atoms. The van der Waals surface area contributed by atoms with Crippen LogP contribution in [-0.4, -0.2) is 14.4 Å². The SMILES string of the molecule is c1cc(-c2cn3ccccc3n2)cc(-c2cncs2)c1. The van der Waals surface area contributed by atoms with Gasteiger partial charge in [0.1, 0.15) is 5.65 Å². The van der Waals surface area contributed by atoms with Crippen LogP contribution in [0.1, 0.15) is 0 Å². The van der Waals surface area contributed by atoms with Crippen LogP contribution in [0.15, 0.2) is 66.6 Å². The maximum Gasteiger partial charge on any atom is 0.137 e. The molecular formula is C16H11N3S. The summed E-state index contributed by atoms with van der Waals surface area (Å²) in [6, 6.07) is 14.4. The van der Waals surface area contributed by atoms with Gasteiger partial charge < -0.3 is 4.40 Å². The van der Waals surface area contributed by atoms with Crippen LogP contribution in [0, 0.1) is 0 Å². The number of rotatable bonds is 2. The van der Waals surface area contributed by atoms with Gasteiger partial charge in [0.2, 0.25) is 0 Å². The van der Waals surface area contributed by atoms with E-state index in [-0.39, 0.29) is 0 Å². The van der Waals surface area contributed by atoms with Gasteiger partial charge in [0.05, 0.1) is 16.1 Å². The molecule has 0 saturated carbocycles. The average Bonchev–Trinajstić information content (AvgIpc) is 3.16. The summed E-state index contributed by atoms with van der Waals surface area (Å²) in [4.78, 5) is 9.97. The largest absolute Gasteiger partial charge is 0.306 e. The molecule has 0 aliphatic rings. The van der Waals surface area contributed by atoms with E-state index in [0.717, 1.165) is 16.9 Å². The quantitative estimate of drug-likeness (QED) is 0.551. The minimum atomic E-state index is 0.964. The summed E-state index contributed by atoms with van der Waals surface area (Å²) in [7, 11) is 0. The molecule has 0 fully saturated rings. The van der Waals surface area contributed by atoms with Crippen molar-refractivity contribution in [3.63, 3.8) is 0 Å². The van der Waals surface area contributed by atoms with Gasteiger partial charge in [0.25, 0.3) is 0 Å². The van der Waals surface area contributed by atoms with Crippen molar-refractivity contribution >= 4 is 17.0 Å². The number of benzene rings is 1. The van der Waals surface area contributed by atoms with E-state index in [2.05, 4.69) is 40.4 Å². The monoisotopic (exact) mass is 277 g/mol. The van der Waals surface area contributed by atoms with Crippen LogP contribution in [0.2, 0.25) is 0 Å². The van der Waals surface area contributed by atoms with E-state index in [0.29, 0.717) is 0 Å². The lowest BCUT2D eigenvalue weighted by atomic mass is 10.1. The third kappa shape index (κ3) is 1.90. The highest BCUT2D eigenvalue weighted by Gasteiger charge is 2.06. The smallest absolute Gasteiger partial charge is 0.137 e. The number of hydrogen-bond acceptors (Lipinski definition) is 3. The van der Waals surface area contributed by atoms with Crippen molar-refractivity contribution in [2.75, 3.05) is 0 Å². The van der Waals surface area contributed by atoms with Gasteiger partial charge >= 0.3 is 0 Å². The summed E-state index contributed by atoms with van der Waals surface area (Å²) in [5, 5.41) is 0. The van der Waals surface area contributed by atoms with Crippen molar-refractivity contribution in [2.45, 2.75) is 0 Å². The third-order valence-electron chi connectivity index (χ3n) is 3.24. The van der Waals surface area contributed by atoms with Crippen LogP contribution >= 0.6 is 11.3 Å². The molecule has 4 rings (SSSR count). The standard InChI is InChI=1S/C16H11N3S/c1-2-7-19-10-14(18-16(19)6-1)12-4-3-5-13(8-12)15-9-17-11-20-15/h1-11H. The Labute approximate surface area is 120 Å². The molecule has 96 valence electrons. The molecular weight excluding hydrogens is 266 g/mol. The molecule has 0 N–H and O–H groups in total. The maximum absolute atomic E-state index is 4.66. The lowest BCUT2D eigenvalue weighted by molar-refractivity contribution is 1.19. The van der Waals surface area contributed by atoms with Crippen molar-refractivity contribution in [2.24, 2.45) is 0 Å². The fourth-order valence-electron chi connectivity index (χ4n) is 2.26. The molecule has 0 aliphatic carbocycles. The summed E-state index contributed by atoms with van der Waals surface area (Å²) in [5.41, 5.74) is 6.11. The second kappa shape index (κ2) is 4.58. The third-order valence-corrected chi connectivity index (χ3v) is 4.06. The van der Waals surface area contributed by atoms with Gasteiger partial charge in [-0.15, -0.1) is 11.3 Å². The summed E-state index contributed by atoms with van der Waals surface area (Å²) in [6.45, 7) is 0. The van der Waals surface area contributed by atoms with Crippen LogP contribution in [-0.2, 0) is 0 Å². The first kappa shape index (κ1) is 11.4. The molecule has 1 aromatic carbocycles. The van der Waals surface area contributed by atoms with Crippen LogP contribution < -0.4 is 0 Å². The summed E-state index contributed by atoms with van der Waals surface area (Å²) >= 11 is 1.65. The van der Waals surface area contributed by atoms with E-state index in [1.807, 2.05) is 40.5 Å². The number of fused-ring (bicyclic) bond motifs is 1. The number of thiazole rings is 1. The Hall–Kier alpha value is -2.46. The lowest BCUT2D eigenvalue weighted by Crippen LogP contribution is -1.79. The minimum Gasteiger partial charge on any atom is -0.306 e. The molecule has 0 amide bonds. The molecule has 3 nitrogen and oxygen atoms in total. The normalized spacial score (nSPS) is 11.0. The van der Waals surface area contributed by atoms with Crippen LogP contribution in [0.5, 0.6) is 0 Å². The first-order chi connectivity index (χ1) is 9.90. The van der Waals surface area contributed by atoms with E-state index in [1.165, 1.54) is 10.4 Å². The molecule has 0 unspecified atom stereocenters. The van der Waals surface area contributed by atoms with Crippen molar-refractivity contribution in [3.8, 4) is 21.7 Å². The van der Waals surface area contributed by atoms with E-state index < -0.39 is 0 Å². The van der Waals surface area contributed by atoms with Gasteiger partial charge in [0, 0.05) is 24.2 Å². The van der Waals surface area contributed by atoms with E-state index in [4.69, 9.17) is 0 Å². The molecule has 0 radical (unpaired) electrons. The Morgan fingerprint density at radius 1 is 1.00 bits per heavy atom. The van der Waals surface area contributed by atoms with E-state index >= 15 is 0 Å². The molecule has 4 aromatic rings. The first-order valence-electron chi connectivity index (χ1n) is 6.33. The molecule has 0 spiro atoms. The molecule has 20 heavy (non-hydrogen) atoms. The summed E-state index contributed by atoms with van der Waals surface area (Å²) < 4.78 is 2.04. The van der Waals surface area contributed by atoms with E-state index in [9.17, 15) is 0 Å². The Bertz CT molecular complexity index is 829. The fraction of sp³-hybridized carbons (Fsp3) is 0. The van der Waals surface area contributed by atoms with E-state index in [1.54, 1.807) is 11.3 Å². The zero-order valence-electron chi connectivity index (χ0n) is 10.6. The van der Waals surface area contributed by atoms with Gasteiger partial charge in [-0.3, -0.25) is 4.98 Å². The Morgan fingerprint density at radius 2 is 1.95 bits per heavy atom. The summed E-state index contributed by atoms with van der Waals surface area (Å²) in [6.07, 6.45) is 5.97. The van der Waals surface area contributed by atoms with Crippen molar-refractivity contribution < 1.29 is 0 Å². The highest BCUT2D eigenvalue weighted by molar-refractivity contribution is 7.13. The molecule has 4 heteroatoms. The number of aromatic nitrogens is 3. The molecule has 0 saturated heterocycles. The van der Waals surface area contributed by atoms with Gasteiger partial charge in [-0.05, 0) is 23.8 Å². The van der Waals surface area contributed by atoms with Crippen LogP contribution in [0.4, 0.5) is 0 Å². The second-order valence-corrected chi connectivity index (χ2v) is 5.43.